The predicted octanol–water partition coefficient (Wildman–Crippen LogP) is 2.61. The van der Waals surface area contributed by atoms with Gasteiger partial charge < -0.3 is 9.80 Å². The smallest absolute Gasteiger partial charge is 0.293 e. The van der Waals surface area contributed by atoms with Gasteiger partial charge in [0.25, 0.3) is 5.69 Å². The molecule has 1 aromatic carbocycles. The third kappa shape index (κ3) is 4.75. The molecular weight excluding hydrogens is 408 g/mol. The van der Waals surface area contributed by atoms with E-state index in [1.54, 1.807) is 18.0 Å². The lowest BCUT2D eigenvalue weighted by Crippen LogP contribution is -2.45. The Bertz CT molecular complexity index is 888. The number of piperidine rings is 1. The highest BCUT2D eigenvalue weighted by Gasteiger charge is 2.31. The van der Waals surface area contributed by atoms with Crippen molar-refractivity contribution in [3.05, 3.63) is 28.3 Å². The Hall–Kier alpha value is -2.20. The molecule has 2 heterocycles. The van der Waals surface area contributed by atoms with Gasteiger partial charge in [-0.3, -0.25) is 14.9 Å². The molecule has 1 amide bonds. The molecule has 2 aliphatic rings. The van der Waals surface area contributed by atoms with E-state index in [9.17, 15) is 23.3 Å². The van der Waals surface area contributed by atoms with Gasteiger partial charge in [-0.25, -0.2) is 8.42 Å². The van der Waals surface area contributed by atoms with Gasteiger partial charge in [-0.1, -0.05) is 12.8 Å². The van der Waals surface area contributed by atoms with Crippen LogP contribution in [-0.2, 0) is 14.8 Å². The summed E-state index contributed by atoms with van der Waals surface area (Å²) in [5, 5.41) is 11.8. The average Bonchev–Trinajstić information content (AvgIpc) is 3.03. The molecule has 30 heavy (non-hydrogen) atoms. The Kier molecular flexibility index (Phi) is 6.97. The van der Waals surface area contributed by atoms with Gasteiger partial charge in [0.1, 0.15) is 5.69 Å². The van der Waals surface area contributed by atoms with Gasteiger partial charge in [0.15, 0.2) is 0 Å². The summed E-state index contributed by atoms with van der Waals surface area (Å²) >= 11 is 0. The van der Waals surface area contributed by atoms with E-state index < -0.39 is 14.9 Å². The van der Waals surface area contributed by atoms with Gasteiger partial charge in [0.05, 0.1) is 9.82 Å². The molecule has 2 aliphatic heterocycles. The fourth-order valence-electron chi connectivity index (χ4n) is 4.26. The highest BCUT2D eigenvalue weighted by atomic mass is 32.2. The van der Waals surface area contributed by atoms with Crippen LogP contribution in [0.25, 0.3) is 0 Å². The first-order valence-electron chi connectivity index (χ1n) is 10.5. The standard InChI is InChI=1S/C20H30N4O5S/c1-16(25)21(2)17-9-13-22(14-10-17)19-8-7-18(15-20(19)24(26)27)30(28,29)23-11-5-3-4-6-12-23/h7-8,15,17H,3-6,9-14H2,1-2H3. The molecule has 166 valence electrons. The van der Waals surface area contributed by atoms with Gasteiger partial charge in [-0.2, -0.15) is 4.31 Å². The number of nitrogens with zero attached hydrogens (tertiary/aromatic N) is 4. The Morgan fingerprint density at radius 2 is 1.70 bits per heavy atom. The van der Waals surface area contributed by atoms with Crippen LogP contribution in [0.4, 0.5) is 11.4 Å². The van der Waals surface area contributed by atoms with E-state index in [1.165, 1.54) is 23.4 Å². The zero-order chi connectivity index (χ0) is 21.9. The number of amides is 1. The Balaban J connectivity index is 1.83. The van der Waals surface area contributed by atoms with Crippen molar-refractivity contribution in [2.24, 2.45) is 0 Å². The number of nitro benzene ring substituents is 1. The number of anilines is 1. The summed E-state index contributed by atoms with van der Waals surface area (Å²) in [5.41, 5.74) is 0.239. The molecule has 0 bridgehead atoms. The number of rotatable bonds is 5. The number of hydrogen-bond acceptors (Lipinski definition) is 6. The Morgan fingerprint density at radius 1 is 1.10 bits per heavy atom. The van der Waals surface area contributed by atoms with E-state index in [-0.39, 0.29) is 22.5 Å². The molecule has 10 heteroatoms. The second-order valence-electron chi connectivity index (χ2n) is 8.07. The molecule has 2 fully saturated rings. The van der Waals surface area contributed by atoms with Crippen LogP contribution in [0.1, 0.15) is 45.4 Å². The monoisotopic (exact) mass is 438 g/mol. The summed E-state index contributed by atoms with van der Waals surface area (Å²) in [6, 6.07) is 4.35. The summed E-state index contributed by atoms with van der Waals surface area (Å²) in [5.74, 6) is 0.00232. The van der Waals surface area contributed by atoms with Crippen LogP contribution < -0.4 is 4.90 Å². The van der Waals surface area contributed by atoms with Crippen LogP contribution in [-0.4, -0.2) is 67.7 Å². The van der Waals surface area contributed by atoms with Gasteiger partial charge in [-0.15, -0.1) is 0 Å². The first-order valence-corrected chi connectivity index (χ1v) is 11.9. The van der Waals surface area contributed by atoms with Crippen molar-refractivity contribution in [1.29, 1.82) is 0 Å². The molecule has 0 radical (unpaired) electrons. The van der Waals surface area contributed by atoms with E-state index >= 15 is 0 Å². The van der Waals surface area contributed by atoms with E-state index in [0.29, 0.717) is 44.7 Å². The molecule has 0 atom stereocenters. The van der Waals surface area contributed by atoms with Crippen LogP contribution in [0.2, 0.25) is 0 Å². The molecule has 0 unspecified atom stereocenters. The minimum atomic E-state index is -3.75. The fourth-order valence-corrected chi connectivity index (χ4v) is 5.80. The van der Waals surface area contributed by atoms with Crippen molar-refractivity contribution in [2.75, 3.05) is 38.1 Å². The minimum absolute atomic E-state index is 0.00232. The molecule has 0 aromatic heterocycles. The topological polar surface area (TPSA) is 104 Å². The summed E-state index contributed by atoms with van der Waals surface area (Å²) in [4.78, 5) is 26.4. The third-order valence-corrected chi connectivity index (χ3v) is 8.09. The summed E-state index contributed by atoms with van der Waals surface area (Å²) in [7, 11) is -1.98. The van der Waals surface area contributed by atoms with Crippen molar-refractivity contribution in [1.82, 2.24) is 9.21 Å². The quantitative estimate of drug-likeness (QED) is 0.517. The summed E-state index contributed by atoms with van der Waals surface area (Å²) in [6.45, 7) is 3.58. The number of sulfonamides is 1. The summed E-state index contributed by atoms with van der Waals surface area (Å²) in [6.07, 6.45) is 5.04. The van der Waals surface area contributed by atoms with E-state index in [2.05, 4.69) is 0 Å². The molecular formula is C20H30N4O5S. The number of carbonyl (C=O) groups is 1. The minimum Gasteiger partial charge on any atom is -0.366 e. The molecule has 0 N–H and O–H groups in total. The molecule has 3 rings (SSSR count). The number of nitro groups is 1. The summed E-state index contributed by atoms with van der Waals surface area (Å²) < 4.78 is 27.5. The maximum absolute atomic E-state index is 13.0. The van der Waals surface area contributed by atoms with Gasteiger partial charge >= 0.3 is 0 Å². The number of carbonyl (C=O) groups excluding carboxylic acids is 1. The lowest BCUT2D eigenvalue weighted by Gasteiger charge is -2.37. The largest absolute Gasteiger partial charge is 0.366 e. The first kappa shape index (κ1) is 22.5. The molecule has 1 aromatic rings. The average molecular weight is 439 g/mol. The van der Waals surface area contributed by atoms with E-state index in [4.69, 9.17) is 0 Å². The van der Waals surface area contributed by atoms with Crippen LogP contribution in [0, 0.1) is 10.1 Å². The van der Waals surface area contributed by atoms with Crippen LogP contribution in [0.5, 0.6) is 0 Å². The first-order chi connectivity index (χ1) is 14.2. The molecule has 2 saturated heterocycles. The number of hydrogen-bond donors (Lipinski definition) is 0. The van der Waals surface area contributed by atoms with Crippen molar-refractivity contribution in [2.45, 2.75) is 56.4 Å². The highest BCUT2D eigenvalue weighted by Crippen LogP contribution is 2.34. The van der Waals surface area contributed by atoms with Crippen molar-refractivity contribution in [3.63, 3.8) is 0 Å². The maximum Gasteiger partial charge on any atom is 0.293 e. The molecule has 0 aliphatic carbocycles. The van der Waals surface area contributed by atoms with Gasteiger partial charge in [0, 0.05) is 52.3 Å². The maximum atomic E-state index is 13.0. The third-order valence-electron chi connectivity index (χ3n) is 6.20. The fraction of sp³-hybridized carbons (Fsp3) is 0.650. The van der Waals surface area contributed by atoms with Crippen molar-refractivity contribution in [3.8, 4) is 0 Å². The van der Waals surface area contributed by atoms with E-state index in [1.807, 2.05) is 4.90 Å². The van der Waals surface area contributed by atoms with Crippen LogP contribution >= 0.6 is 0 Å². The lowest BCUT2D eigenvalue weighted by atomic mass is 10.0. The van der Waals surface area contributed by atoms with Gasteiger partial charge in [-0.05, 0) is 37.8 Å². The lowest BCUT2D eigenvalue weighted by molar-refractivity contribution is -0.384. The zero-order valence-corrected chi connectivity index (χ0v) is 18.4. The van der Waals surface area contributed by atoms with E-state index in [0.717, 1.165) is 25.7 Å². The van der Waals surface area contributed by atoms with Crippen LogP contribution in [0.3, 0.4) is 0 Å². The molecule has 9 nitrogen and oxygen atoms in total. The molecule has 0 spiro atoms. The number of benzene rings is 1. The Labute approximate surface area is 177 Å². The van der Waals surface area contributed by atoms with Crippen LogP contribution in [0.15, 0.2) is 23.1 Å². The highest BCUT2D eigenvalue weighted by molar-refractivity contribution is 7.89. The van der Waals surface area contributed by atoms with Gasteiger partial charge in [0.2, 0.25) is 15.9 Å². The Morgan fingerprint density at radius 3 is 2.23 bits per heavy atom. The van der Waals surface area contributed by atoms with Crippen molar-refractivity contribution < 1.29 is 18.1 Å². The molecule has 0 saturated carbocycles. The SMILES string of the molecule is CC(=O)N(C)C1CCN(c2ccc(S(=O)(=O)N3CCCCCC3)cc2[N+](=O)[O-])CC1. The van der Waals surface area contributed by atoms with Crippen molar-refractivity contribution >= 4 is 27.3 Å². The normalized spacial score (nSPS) is 19.3. The second kappa shape index (κ2) is 9.30. The second-order valence-corrected chi connectivity index (χ2v) is 10.0. The zero-order valence-electron chi connectivity index (χ0n) is 17.6. The predicted molar refractivity (Wildman–Crippen MR) is 114 cm³/mol.